The largest absolute Gasteiger partial charge is 0.458 e. The van der Waals surface area contributed by atoms with Crippen molar-refractivity contribution in [2.24, 2.45) is 33.6 Å². The second-order valence-corrected chi connectivity index (χ2v) is 15.2. The van der Waals surface area contributed by atoms with Crippen LogP contribution in [0.3, 0.4) is 0 Å². The van der Waals surface area contributed by atoms with Crippen molar-refractivity contribution in [3.8, 4) is 0 Å². The number of aliphatic hydroxyl groups is 3. The highest BCUT2D eigenvalue weighted by molar-refractivity contribution is 5.85. The van der Waals surface area contributed by atoms with Gasteiger partial charge < -0.3 is 34.3 Å². The van der Waals surface area contributed by atoms with Gasteiger partial charge in [0.15, 0.2) is 6.29 Å². The second-order valence-electron chi connectivity index (χ2n) is 15.2. The van der Waals surface area contributed by atoms with E-state index in [9.17, 15) is 20.1 Å². The predicted molar refractivity (Wildman–Crippen MR) is 169 cm³/mol. The Hall–Kier alpha value is -2.21. The number of fused-ring (bicyclic) bond motifs is 5. The number of aliphatic hydroxyl groups excluding tert-OH is 1. The minimum Gasteiger partial charge on any atom is -0.458 e. The highest BCUT2D eigenvalue weighted by Crippen LogP contribution is 2.70. The Morgan fingerprint density at radius 3 is 2.70 bits per heavy atom. The number of rotatable bonds is 7. The molecule has 0 radical (unpaired) electrons. The Morgan fingerprint density at radius 2 is 1.96 bits per heavy atom. The third-order valence-electron chi connectivity index (χ3n) is 13.2. The number of aromatic nitrogens is 1. The van der Waals surface area contributed by atoms with Crippen molar-refractivity contribution in [2.75, 3.05) is 13.7 Å². The van der Waals surface area contributed by atoms with E-state index in [1.807, 2.05) is 31.5 Å². The lowest BCUT2D eigenvalue weighted by molar-refractivity contribution is -0.284. The number of hydrogen-bond donors (Lipinski definition) is 3. The lowest BCUT2D eigenvalue weighted by atomic mass is 9.41. The van der Waals surface area contributed by atoms with E-state index < -0.39 is 35.1 Å². The smallest absolute Gasteiger partial charge is 0.331 e. The standard InChI is InChI=1S/C36H50N2O8/c1-22-32(40)29(43-3)16-31(45-22)46-25-6-11-34(21-38-19-23-5-4-14-37-18-23)27-7-10-33(2)26(24-15-30(39)44-20-24)9-13-36(33,42)28(27)8-12-35(34,41)17-25/h4-5,14-15,18,21-22,25-29,31-32,40-42H,6-13,16-17,19-20H2,1-3H3/t22-,25+,26+,27-,28-,29-,31+,32-,33+,34-,35+,36+/m1/s1. The lowest BCUT2D eigenvalue weighted by Gasteiger charge is -2.66. The van der Waals surface area contributed by atoms with Crippen LogP contribution in [-0.2, 0) is 30.3 Å². The molecular weight excluding hydrogens is 588 g/mol. The van der Waals surface area contributed by atoms with Crippen LogP contribution >= 0.6 is 0 Å². The van der Waals surface area contributed by atoms with Gasteiger partial charge in [0.1, 0.15) is 12.7 Å². The molecule has 3 N–H and O–H groups in total. The van der Waals surface area contributed by atoms with Gasteiger partial charge in [0.25, 0.3) is 0 Å². The number of methoxy groups -OCH3 is 1. The molecule has 0 unspecified atom stereocenters. The number of aliphatic imine (C=N–C) groups is 1. The van der Waals surface area contributed by atoms with Gasteiger partial charge in [0.2, 0.25) is 0 Å². The van der Waals surface area contributed by atoms with E-state index in [-0.39, 0.29) is 41.3 Å². The minimum atomic E-state index is -1.06. The molecule has 1 aromatic rings. The van der Waals surface area contributed by atoms with Gasteiger partial charge in [-0.2, -0.15) is 0 Å². The van der Waals surface area contributed by atoms with Crippen LogP contribution in [0.25, 0.3) is 0 Å². The van der Waals surface area contributed by atoms with Crippen LogP contribution in [0, 0.1) is 28.6 Å². The normalized spacial score (nSPS) is 47.2. The molecule has 0 spiro atoms. The molecule has 0 aromatic carbocycles. The fourth-order valence-corrected chi connectivity index (χ4v) is 10.8. The third-order valence-corrected chi connectivity index (χ3v) is 13.2. The zero-order chi connectivity index (χ0) is 32.3. The molecule has 0 bridgehead atoms. The minimum absolute atomic E-state index is 0.00364. The lowest BCUT2D eigenvalue weighted by Crippen LogP contribution is -2.69. The molecule has 7 rings (SSSR count). The molecule has 2 aliphatic heterocycles. The number of cyclic esters (lactones) is 1. The maximum Gasteiger partial charge on any atom is 0.331 e. The summed E-state index contributed by atoms with van der Waals surface area (Å²) in [6.45, 7) is 4.84. The zero-order valence-corrected chi connectivity index (χ0v) is 27.3. The maximum absolute atomic E-state index is 12.8. The second kappa shape index (κ2) is 12.0. The van der Waals surface area contributed by atoms with E-state index in [0.29, 0.717) is 51.7 Å². The summed E-state index contributed by atoms with van der Waals surface area (Å²) < 4.78 is 23.4. The number of carbonyl (C=O) groups is 1. The quantitative estimate of drug-likeness (QED) is 0.231. The van der Waals surface area contributed by atoms with Crippen LogP contribution in [0.2, 0.25) is 0 Å². The summed E-state index contributed by atoms with van der Waals surface area (Å²) in [5, 5.41) is 36.0. The van der Waals surface area contributed by atoms with E-state index in [4.69, 9.17) is 23.9 Å². The van der Waals surface area contributed by atoms with E-state index in [1.54, 1.807) is 19.4 Å². The topological polar surface area (TPSA) is 140 Å². The highest BCUT2D eigenvalue weighted by atomic mass is 16.7. The molecule has 46 heavy (non-hydrogen) atoms. The van der Waals surface area contributed by atoms with E-state index in [0.717, 1.165) is 36.8 Å². The molecule has 12 atom stereocenters. The number of esters is 1. The maximum atomic E-state index is 12.8. The summed E-state index contributed by atoms with van der Waals surface area (Å²) >= 11 is 0. The summed E-state index contributed by atoms with van der Waals surface area (Å²) in [7, 11) is 1.59. The molecule has 4 saturated carbocycles. The molecule has 1 aromatic heterocycles. The van der Waals surface area contributed by atoms with Gasteiger partial charge in [0.05, 0.1) is 36.1 Å². The van der Waals surface area contributed by atoms with Crippen LogP contribution < -0.4 is 0 Å². The van der Waals surface area contributed by atoms with Crippen molar-refractivity contribution in [2.45, 2.75) is 127 Å². The molecule has 0 amide bonds. The summed E-state index contributed by atoms with van der Waals surface area (Å²) in [6.07, 6.45) is 11.8. The highest BCUT2D eigenvalue weighted by Gasteiger charge is 2.71. The van der Waals surface area contributed by atoms with Gasteiger partial charge in [0, 0.05) is 55.5 Å². The Labute approximate surface area is 271 Å². The molecule has 6 aliphatic rings. The first-order chi connectivity index (χ1) is 22.0. The number of carbonyl (C=O) groups excluding carboxylic acids is 1. The van der Waals surface area contributed by atoms with Crippen LogP contribution in [0.1, 0.15) is 83.6 Å². The van der Waals surface area contributed by atoms with Crippen LogP contribution in [0.15, 0.2) is 41.2 Å². The molecule has 1 saturated heterocycles. The van der Waals surface area contributed by atoms with Crippen molar-refractivity contribution in [3.63, 3.8) is 0 Å². The van der Waals surface area contributed by atoms with Gasteiger partial charge in [-0.15, -0.1) is 0 Å². The number of ether oxygens (including phenoxy) is 4. The molecule has 5 fully saturated rings. The monoisotopic (exact) mass is 638 g/mol. The molecule has 4 aliphatic carbocycles. The summed E-state index contributed by atoms with van der Waals surface area (Å²) in [5.41, 5.74) is -0.931. The number of nitrogens with zero attached hydrogens (tertiary/aromatic N) is 2. The Kier molecular flexibility index (Phi) is 8.46. The number of pyridine rings is 1. The first-order valence-corrected chi connectivity index (χ1v) is 17.3. The van der Waals surface area contributed by atoms with Gasteiger partial charge in [-0.25, -0.2) is 4.79 Å². The third kappa shape index (κ3) is 5.10. The van der Waals surface area contributed by atoms with Gasteiger partial charge in [-0.05, 0) is 93.2 Å². The summed E-state index contributed by atoms with van der Waals surface area (Å²) in [4.78, 5) is 21.2. The van der Waals surface area contributed by atoms with Gasteiger partial charge in [-0.3, -0.25) is 9.98 Å². The first kappa shape index (κ1) is 32.3. The first-order valence-electron chi connectivity index (χ1n) is 17.3. The number of hydrogen-bond acceptors (Lipinski definition) is 10. The predicted octanol–water partition coefficient (Wildman–Crippen LogP) is 3.90. The molecular formula is C36H50N2O8. The van der Waals surface area contributed by atoms with Crippen LogP contribution in [0.5, 0.6) is 0 Å². The van der Waals surface area contributed by atoms with Gasteiger partial charge >= 0.3 is 5.97 Å². The van der Waals surface area contributed by atoms with Crippen LogP contribution in [-0.4, -0.2) is 88.1 Å². The fourth-order valence-electron chi connectivity index (χ4n) is 10.8. The summed E-state index contributed by atoms with van der Waals surface area (Å²) in [6, 6.07) is 3.92. The van der Waals surface area contributed by atoms with Crippen molar-refractivity contribution < 1.29 is 39.1 Å². The van der Waals surface area contributed by atoms with E-state index in [1.165, 1.54) is 0 Å². The Balaban J connectivity index is 1.17. The molecule has 10 heteroatoms. The Morgan fingerprint density at radius 1 is 1.13 bits per heavy atom. The van der Waals surface area contributed by atoms with Crippen molar-refractivity contribution in [1.82, 2.24) is 4.98 Å². The Bertz CT molecular complexity index is 1360. The van der Waals surface area contributed by atoms with Crippen molar-refractivity contribution in [3.05, 3.63) is 41.7 Å². The molecule has 10 nitrogen and oxygen atoms in total. The fraction of sp³-hybridized carbons (Fsp3) is 0.750. The summed E-state index contributed by atoms with van der Waals surface area (Å²) in [5.74, 6) is -0.118. The van der Waals surface area contributed by atoms with Crippen molar-refractivity contribution >= 4 is 12.2 Å². The average molecular weight is 639 g/mol. The van der Waals surface area contributed by atoms with Crippen LogP contribution in [0.4, 0.5) is 0 Å². The van der Waals surface area contributed by atoms with Gasteiger partial charge in [-0.1, -0.05) is 13.0 Å². The molecule has 252 valence electrons. The van der Waals surface area contributed by atoms with Crippen molar-refractivity contribution in [1.29, 1.82) is 0 Å². The average Bonchev–Trinajstić information content (AvgIpc) is 3.58. The zero-order valence-electron chi connectivity index (χ0n) is 27.3. The van der Waals surface area contributed by atoms with E-state index in [2.05, 4.69) is 11.9 Å². The SMILES string of the molecule is CO[C@@H]1C[C@H](O[C@H]2CC[C@@]3(C=NCc4cccnc4)[C@@H]4CC[C@@]5(C)[C@H](C6=CC(=O)OC6)CC[C@]5(O)[C@@H]4CC[C@]3(O)C2)O[C@H](C)[C@H]1O. The van der Waals surface area contributed by atoms with E-state index >= 15 is 0 Å². The molecule has 3 heterocycles.